The monoisotopic (exact) mass is 383 g/mol. The van der Waals surface area contributed by atoms with E-state index >= 15 is 0 Å². The molecule has 0 radical (unpaired) electrons. The second-order valence-corrected chi connectivity index (χ2v) is 7.68. The van der Waals surface area contributed by atoms with Gasteiger partial charge in [-0.05, 0) is 38.0 Å². The highest BCUT2D eigenvalue weighted by Gasteiger charge is 2.31. The van der Waals surface area contributed by atoms with Gasteiger partial charge in [-0.2, -0.15) is 4.72 Å². The number of esters is 1. The van der Waals surface area contributed by atoms with E-state index in [0.29, 0.717) is 12.1 Å². The normalized spacial score (nSPS) is 15.5. The number of benzene rings is 1. The van der Waals surface area contributed by atoms with Crippen LogP contribution in [0.3, 0.4) is 0 Å². The van der Waals surface area contributed by atoms with Crippen LogP contribution in [0.2, 0.25) is 0 Å². The lowest BCUT2D eigenvalue weighted by atomic mass is 10.2. The van der Waals surface area contributed by atoms with Gasteiger partial charge in [-0.1, -0.05) is 12.1 Å². The van der Waals surface area contributed by atoms with Gasteiger partial charge in [-0.25, -0.2) is 13.2 Å². The van der Waals surface area contributed by atoms with E-state index in [-0.39, 0.29) is 11.4 Å². The number of amides is 3. The summed E-state index contributed by atoms with van der Waals surface area (Å²) in [5.74, 6) is -1.58. The Kier molecular flexibility index (Phi) is 5.98. The Morgan fingerprint density at radius 2 is 2.04 bits per heavy atom. The van der Waals surface area contributed by atoms with Gasteiger partial charge >= 0.3 is 12.0 Å². The van der Waals surface area contributed by atoms with E-state index in [0.717, 1.165) is 10.5 Å². The highest BCUT2D eigenvalue weighted by molar-refractivity contribution is 7.89. The summed E-state index contributed by atoms with van der Waals surface area (Å²) in [6.07, 6.45) is -1.20. The number of ether oxygens (including phenoxy) is 1. The third-order valence-corrected chi connectivity index (χ3v) is 5.36. The molecule has 2 rings (SSSR count). The molecule has 1 fully saturated rings. The number of nitrogens with zero attached hydrogens (tertiary/aromatic N) is 1. The zero-order valence-corrected chi connectivity index (χ0v) is 15.6. The molecule has 26 heavy (non-hydrogen) atoms. The molecule has 0 aliphatic carbocycles. The van der Waals surface area contributed by atoms with Crippen LogP contribution in [0.15, 0.2) is 23.1 Å². The fourth-order valence-corrected chi connectivity index (χ4v) is 3.72. The molecular weight excluding hydrogens is 362 g/mol. The molecule has 9 nitrogen and oxygen atoms in total. The Morgan fingerprint density at radius 1 is 1.35 bits per heavy atom. The molecule has 2 N–H and O–H groups in total. The van der Waals surface area contributed by atoms with Crippen LogP contribution in [-0.4, -0.2) is 57.0 Å². The first-order valence-electron chi connectivity index (χ1n) is 7.97. The summed E-state index contributed by atoms with van der Waals surface area (Å²) in [5, 5.41) is 2.47. The van der Waals surface area contributed by atoms with Crippen molar-refractivity contribution in [3.05, 3.63) is 29.3 Å². The summed E-state index contributed by atoms with van der Waals surface area (Å²) >= 11 is 0. The number of hydrogen-bond acceptors (Lipinski definition) is 6. The zero-order valence-electron chi connectivity index (χ0n) is 14.7. The second-order valence-electron chi connectivity index (χ2n) is 5.95. The van der Waals surface area contributed by atoms with Crippen molar-refractivity contribution in [3.8, 4) is 0 Å². The lowest BCUT2D eigenvalue weighted by Crippen LogP contribution is -2.43. The van der Waals surface area contributed by atoms with Crippen LogP contribution < -0.4 is 10.0 Å². The molecule has 1 atom stereocenters. The fourth-order valence-electron chi connectivity index (χ4n) is 2.42. The van der Waals surface area contributed by atoms with Crippen LogP contribution >= 0.6 is 0 Å². The SMILES string of the molecule is Cc1ccc(C)c(S(=O)(=O)NCC(=O)O[C@H](C)C(=O)N2CCNC2=O)c1. The summed E-state index contributed by atoms with van der Waals surface area (Å²) in [6, 6.07) is 4.41. The molecular formula is C16H21N3O6S. The van der Waals surface area contributed by atoms with E-state index in [1.807, 2.05) is 0 Å². The molecule has 1 aromatic rings. The largest absolute Gasteiger partial charge is 0.452 e. The quantitative estimate of drug-likeness (QED) is 0.670. The van der Waals surface area contributed by atoms with Crippen molar-refractivity contribution in [2.24, 2.45) is 0 Å². The first-order valence-corrected chi connectivity index (χ1v) is 9.46. The number of imide groups is 1. The van der Waals surface area contributed by atoms with Crippen LogP contribution in [0, 0.1) is 13.8 Å². The fraction of sp³-hybridized carbons (Fsp3) is 0.438. The smallest absolute Gasteiger partial charge is 0.324 e. The topological polar surface area (TPSA) is 122 Å². The molecule has 1 saturated heterocycles. The van der Waals surface area contributed by atoms with Crippen molar-refractivity contribution in [2.45, 2.75) is 31.8 Å². The van der Waals surface area contributed by atoms with E-state index in [4.69, 9.17) is 4.74 Å². The number of urea groups is 1. The Hall–Kier alpha value is -2.46. The number of rotatable bonds is 6. The molecule has 0 spiro atoms. The van der Waals surface area contributed by atoms with Crippen LogP contribution in [0.1, 0.15) is 18.1 Å². The summed E-state index contributed by atoms with van der Waals surface area (Å²) < 4.78 is 31.7. The molecule has 1 heterocycles. The lowest BCUT2D eigenvalue weighted by molar-refractivity contribution is -0.156. The van der Waals surface area contributed by atoms with Gasteiger partial charge in [-0.3, -0.25) is 14.5 Å². The zero-order chi connectivity index (χ0) is 19.5. The number of aryl methyl sites for hydroxylation is 2. The van der Waals surface area contributed by atoms with Crippen LogP contribution in [-0.2, 0) is 24.3 Å². The van der Waals surface area contributed by atoms with E-state index in [1.54, 1.807) is 26.0 Å². The molecule has 1 aliphatic rings. The van der Waals surface area contributed by atoms with Gasteiger partial charge in [0, 0.05) is 13.1 Å². The van der Waals surface area contributed by atoms with E-state index in [2.05, 4.69) is 10.0 Å². The van der Waals surface area contributed by atoms with Gasteiger partial charge < -0.3 is 10.1 Å². The van der Waals surface area contributed by atoms with Crippen LogP contribution in [0.4, 0.5) is 4.79 Å². The highest BCUT2D eigenvalue weighted by atomic mass is 32.2. The van der Waals surface area contributed by atoms with Crippen molar-refractivity contribution in [3.63, 3.8) is 0 Å². The minimum absolute atomic E-state index is 0.0724. The lowest BCUT2D eigenvalue weighted by Gasteiger charge is -2.18. The standard InChI is InChI=1S/C16H21N3O6S/c1-10-4-5-11(2)13(8-10)26(23,24)18-9-14(20)25-12(3)15(21)19-7-6-17-16(19)22/h4-5,8,12,18H,6-7,9H2,1-3H3,(H,17,22)/t12-/m1/s1. The number of carbonyl (C=O) groups excluding carboxylic acids is 3. The Bertz CT molecular complexity index is 836. The van der Waals surface area contributed by atoms with Gasteiger partial charge in [0.15, 0.2) is 6.10 Å². The third kappa shape index (κ3) is 4.58. The predicted octanol–water partition coefficient (Wildman–Crippen LogP) is 0.0652. The number of hydrogen-bond donors (Lipinski definition) is 2. The molecule has 3 amide bonds. The first kappa shape index (κ1) is 19.9. The molecule has 10 heteroatoms. The van der Waals surface area contributed by atoms with Crippen molar-refractivity contribution in [2.75, 3.05) is 19.6 Å². The molecule has 1 aromatic carbocycles. The Morgan fingerprint density at radius 3 is 2.65 bits per heavy atom. The maximum atomic E-state index is 12.3. The Labute approximate surface area is 151 Å². The van der Waals surface area contributed by atoms with Crippen molar-refractivity contribution in [1.82, 2.24) is 14.9 Å². The molecule has 1 aliphatic heterocycles. The maximum Gasteiger partial charge on any atom is 0.324 e. The summed E-state index contributed by atoms with van der Waals surface area (Å²) in [7, 11) is -3.90. The minimum atomic E-state index is -3.90. The summed E-state index contributed by atoms with van der Waals surface area (Å²) in [6.45, 7) is 4.63. The summed E-state index contributed by atoms with van der Waals surface area (Å²) in [5.41, 5.74) is 1.31. The van der Waals surface area contributed by atoms with Gasteiger partial charge in [0.2, 0.25) is 10.0 Å². The second kappa shape index (κ2) is 7.83. The van der Waals surface area contributed by atoms with Crippen molar-refractivity contribution in [1.29, 1.82) is 0 Å². The van der Waals surface area contributed by atoms with Gasteiger partial charge in [0.05, 0.1) is 4.90 Å². The van der Waals surface area contributed by atoms with E-state index in [1.165, 1.54) is 13.0 Å². The van der Waals surface area contributed by atoms with Gasteiger partial charge in [-0.15, -0.1) is 0 Å². The number of nitrogens with one attached hydrogen (secondary N) is 2. The number of carbonyl (C=O) groups is 3. The van der Waals surface area contributed by atoms with Crippen molar-refractivity contribution >= 4 is 27.9 Å². The molecule has 0 bridgehead atoms. The van der Waals surface area contributed by atoms with Crippen LogP contribution in [0.5, 0.6) is 0 Å². The average Bonchev–Trinajstić information content (AvgIpc) is 3.00. The van der Waals surface area contributed by atoms with Gasteiger partial charge in [0.25, 0.3) is 5.91 Å². The van der Waals surface area contributed by atoms with Crippen LogP contribution in [0.25, 0.3) is 0 Å². The third-order valence-electron chi connectivity index (χ3n) is 3.82. The molecule has 142 valence electrons. The molecule has 0 aromatic heterocycles. The van der Waals surface area contributed by atoms with Crippen molar-refractivity contribution < 1.29 is 27.5 Å². The van der Waals surface area contributed by atoms with E-state index < -0.39 is 40.6 Å². The summed E-state index contributed by atoms with van der Waals surface area (Å²) in [4.78, 5) is 36.4. The maximum absolute atomic E-state index is 12.3. The first-order chi connectivity index (χ1) is 12.1. The molecule has 0 unspecified atom stereocenters. The highest BCUT2D eigenvalue weighted by Crippen LogP contribution is 2.16. The molecule has 0 saturated carbocycles. The predicted molar refractivity (Wildman–Crippen MR) is 91.8 cm³/mol. The van der Waals surface area contributed by atoms with E-state index in [9.17, 15) is 22.8 Å². The van der Waals surface area contributed by atoms with Gasteiger partial charge in [0.1, 0.15) is 6.54 Å². The Balaban J connectivity index is 1.94. The number of sulfonamides is 1. The minimum Gasteiger partial charge on any atom is -0.452 e. The average molecular weight is 383 g/mol.